The molecule has 1 aliphatic carbocycles. The quantitative estimate of drug-likeness (QED) is 0.251. The van der Waals surface area contributed by atoms with E-state index in [0.29, 0.717) is 25.2 Å². The Morgan fingerprint density at radius 3 is 2.30 bits per heavy atom. The Labute approximate surface area is 217 Å². The minimum absolute atomic E-state index is 0.00940. The fraction of sp³-hybridized carbons (Fsp3) is 0.556. The van der Waals surface area contributed by atoms with Gasteiger partial charge in [-0.1, -0.05) is 32.4 Å². The summed E-state index contributed by atoms with van der Waals surface area (Å²) >= 11 is 0. The molecule has 0 aromatic heterocycles. The van der Waals surface area contributed by atoms with Gasteiger partial charge in [0.05, 0.1) is 11.5 Å². The molecule has 4 unspecified atom stereocenters. The zero-order valence-corrected chi connectivity index (χ0v) is 22.2. The number of Topliss-reactive ketones (excluding diaryl/α,β-unsaturated/α-hetero) is 2. The van der Waals surface area contributed by atoms with Crippen molar-refractivity contribution in [2.45, 2.75) is 53.4 Å². The summed E-state index contributed by atoms with van der Waals surface area (Å²) in [6.45, 7) is 6.75. The summed E-state index contributed by atoms with van der Waals surface area (Å²) in [4.78, 5) is 67.5. The molecule has 1 aromatic carbocycles. The molecule has 37 heavy (non-hydrogen) atoms. The fourth-order valence-corrected chi connectivity index (χ4v) is 3.74. The molecule has 0 bridgehead atoms. The topological polar surface area (TPSA) is 156 Å². The summed E-state index contributed by atoms with van der Waals surface area (Å²) in [5.41, 5.74) is 0.411. The Morgan fingerprint density at radius 1 is 1.14 bits per heavy atom. The average Bonchev–Trinajstić information content (AvgIpc) is 3.66. The Kier molecular flexibility index (Phi) is 13.2. The lowest BCUT2D eigenvalue weighted by atomic mass is 9.89. The summed E-state index contributed by atoms with van der Waals surface area (Å²) in [5, 5.41) is 14.0. The van der Waals surface area contributed by atoms with E-state index in [1.807, 2.05) is 6.92 Å². The van der Waals surface area contributed by atoms with E-state index in [1.165, 1.54) is 26.0 Å². The summed E-state index contributed by atoms with van der Waals surface area (Å²) in [6.07, 6.45) is 3.63. The lowest BCUT2D eigenvalue weighted by molar-refractivity contribution is -0.139. The second-order valence-electron chi connectivity index (χ2n) is 9.22. The molecule has 0 spiro atoms. The van der Waals surface area contributed by atoms with E-state index >= 15 is 0 Å². The first-order valence-electron chi connectivity index (χ1n) is 12.4. The highest BCUT2D eigenvalue weighted by Gasteiger charge is 2.43. The van der Waals surface area contributed by atoms with Gasteiger partial charge in [0.2, 0.25) is 5.91 Å². The number of nitrogens with one attached hydrogen (secondary N) is 2. The van der Waals surface area contributed by atoms with Crippen molar-refractivity contribution < 1.29 is 38.6 Å². The molecular weight excluding hydrogens is 480 g/mol. The molecule has 1 saturated carbocycles. The monoisotopic (exact) mass is 518 g/mol. The van der Waals surface area contributed by atoms with Gasteiger partial charge in [0.15, 0.2) is 18.2 Å². The van der Waals surface area contributed by atoms with Crippen molar-refractivity contribution in [2.24, 2.45) is 23.7 Å². The molecule has 0 saturated heterocycles. The van der Waals surface area contributed by atoms with Crippen LogP contribution in [0.3, 0.4) is 0 Å². The average molecular weight is 519 g/mol. The maximum Gasteiger partial charge on any atom is 0.306 e. The van der Waals surface area contributed by atoms with E-state index in [0.717, 1.165) is 12.7 Å². The van der Waals surface area contributed by atoms with Crippen LogP contribution in [0.15, 0.2) is 18.2 Å². The van der Waals surface area contributed by atoms with Crippen molar-refractivity contribution in [3.8, 4) is 5.75 Å². The summed E-state index contributed by atoms with van der Waals surface area (Å²) in [7, 11) is 1.61. The van der Waals surface area contributed by atoms with Gasteiger partial charge in [0.25, 0.3) is 5.91 Å². The molecule has 4 atom stereocenters. The minimum Gasteiger partial charge on any atom is -0.483 e. The molecule has 2 amide bonds. The molecule has 1 aromatic rings. The molecule has 2 rings (SSSR count). The summed E-state index contributed by atoms with van der Waals surface area (Å²) in [6, 6.07) is 4.64. The molecule has 0 aliphatic heterocycles. The highest BCUT2D eigenvalue weighted by molar-refractivity contribution is 6.09. The number of amides is 2. The van der Waals surface area contributed by atoms with Crippen LogP contribution in [0, 0.1) is 23.7 Å². The van der Waals surface area contributed by atoms with Crippen molar-refractivity contribution in [1.29, 1.82) is 0 Å². The van der Waals surface area contributed by atoms with E-state index in [-0.39, 0.29) is 65.3 Å². The number of carboxylic acids is 1. The fourth-order valence-electron chi connectivity index (χ4n) is 3.74. The molecule has 0 radical (unpaired) electrons. The molecule has 0 heterocycles. The Bertz CT molecular complexity index is 991. The standard InChI is InChI=1S/C17H19NO6.C10H19NO2/c1-9(19)12-4-3-5-14(16(12)10(2)20)24-8-15(21)18-7-11-6-13(11)17(22)23;1-4-8(2)9(7-12)5-6-10(13)11-3/h3-5,11,13H,6-8H2,1-2H3,(H,18,21)(H,22,23);7-9H,4-6H2,1-3H3,(H,11,13). The van der Waals surface area contributed by atoms with Gasteiger partial charge in [-0.3, -0.25) is 24.0 Å². The molecule has 10 nitrogen and oxygen atoms in total. The maximum atomic E-state index is 11.8. The number of hydrogen-bond acceptors (Lipinski definition) is 7. The molecule has 3 N–H and O–H groups in total. The molecular formula is C27H38N2O8. The third kappa shape index (κ3) is 10.5. The zero-order chi connectivity index (χ0) is 28.1. The van der Waals surface area contributed by atoms with Crippen molar-refractivity contribution in [3.05, 3.63) is 29.3 Å². The van der Waals surface area contributed by atoms with Gasteiger partial charge in [-0.25, -0.2) is 0 Å². The van der Waals surface area contributed by atoms with E-state index in [1.54, 1.807) is 13.1 Å². The van der Waals surface area contributed by atoms with E-state index < -0.39 is 11.9 Å². The largest absolute Gasteiger partial charge is 0.483 e. The van der Waals surface area contributed by atoms with Crippen molar-refractivity contribution >= 4 is 35.6 Å². The minimum atomic E-state index is -0.849. The van der Waals surface area contributed by atoms with Gasteiger partial charge >= 0.3 is 5.97 Å². The summed E-state index contributed by atoms with van der Waals surface area (Å²) < 4.78 is 5.38. The van der Waals surface area contributed by atoms with Crippen LogP contribution < -0.4 is 15.4 Å². The number of ether oxygens (including phenoxy) is 1. The van der Waals surface area contributed by atoms with Crippen LogP contribution in [0.4, 0.5) is 0 Å². The van der Waals surface area contributed by atoms with Crippen molar-refractivity contribution in [2.75, 3.05) is 20.2 Å². The van der Waals surface area contributed by atoms with E-state index in [9.17, 15) is 28.8 Å². The third-order valence-electron chi connectivity index (χ3n) is 6.45. The third-order valence-corrected chi connectivity index (χ3v) is 6.45. The number of hydrogen-bond donors (Lipinski definition) is 3. The predicted molar refractivity (Wildman–Crippen MR) is 136 cm³/mol. The molecule has 204 valence electrons. The van der Waals surface area contributed by atoms with Gasteiger partial charge in [0.1, 0.15) is 12.0 Å². The van der Waals surface area contributed by atoms with Gasteiger partial charge in [-0.2, -0.15) is 0 Å². The number of aldehydes is 1. The molecule has 1 aliphatic rings. The number of aliphatic carboxylic acids is 1. The number of carboxylic acid groups (broad SMARTS) is 1. The number of ketones is 2. The molecule has 10 heteroatoms. The van der Waals surface area contributed by atoms with Crippen LogP contribution in [0.25, 0.3) is 0 Å². The number of rotatable bonds is 14. The second kappa shape index (κ2) is 15.5. The Hall–Kier alpha value is -3.56. The number of carbonyl (C=O) groups excluding carboxylic acids is 5. The second-order valence-corrected chi connectivity index (χ2v) is 9.22. The van der Waals surface area contributed by atoms with Gasteiger partial charge in [-0.05, 0) is 44.6 Å². The highest BCUT2D eigenvalue weighted by atomic mass is 16.5. The van der Waals surface area contributed by atoms with E-state index in [4.69, 9.17) is 9.84 Å². The van der Waals surface area contributed by atoms with E-state index in [2.05, 4.69) is 17.6 Å². The highest BCUT2D eigenvalue weighted by Crippen LogP contribution is 2.37. The first-order chi connectivity index (χ1) is 17.5. The van der Waals surface area contributed by atoms with Gasteiger partial charge < -0.3 is 25.3 Å². The smallest absolute Gasteiger partial charge is 0.306 e. The summed E-state index contributed by atoms with van der Waals surface area (Å²) in [5.74, 6) is -1.67. The first kappa shape index (κ1) is 31.5. The van der Waals surface area contributed by atoms with Crippen molar-refractivity contribution in [1.82, 2.24) is 10.6 Å². The van der Waals surface area contributed by atoms with Crippen molar-refractivity contribution in [3.63, 3.8) is 0 Å². The van der Waals surface area contributed by atoms with Crippen LogP contribution in [0.5, 0.6) is 5.75 Å². The van der Waals surface area contributed by atoms with Crippen LogP contribution >= 0.6 is 0 Å². The van der Waals surface area contributed by atoms with Crippen LogP contribution in [0.1, 0.15) is 74.1 Å². The lowest BCUT2D eigenvalue weighted by Crippen LogP contribution is -2.31. The number of carbonyl (C=O) groups is 6. The van der Waals surface area contributed by atoms with Crippen LogP contribution in [-0.4, -0.2) is 60.9 Å². The maximum absolute atomic E-state index is 11.8. The first-order valence-corrected chi connectivity index (χ1v) is 12.4. The molecule has 1 fully saturated rings. The van der Waals surface area contributed by atoms with Crippen LogP contribution in [0.2, 0.25) is 0 Å². The zero-order valence-electron chi connectivity index (χ0n) is 22.2. The van der Waals surface area contributed by atoms with Gasteiger partial charge in [-0.15, -0.1) is 0 Å². The lowest BCUT2D eigenvalue weighted by Gasteiger charge is -2.15. The van der Waals surface area contributed by atoms with Crippen LogP contribution in [-0.2, 0) is 19.2 Å². The predicted octanol–water partition coefficient (Wildman–Crippen LogP) is 2.68. The number of benzene rings is 1. The Morgan fingerprint density at radius 2 is 1.81 bits per heavy atom. The Balaban J connectivity index is 0.000000448. The normalized spacial score (nSPS) is 17.2. The van der Waals surface area contributed by atoms with Gasteiger partial charge in [0, 0.05) is 31.5 Å². The SMILES string of the molecule is CC(=O)c1cccc(OCC(=O)NCC2CC2C(=O)O)c1C(C)=O.CCC(C)C(C=O)CCC(=O)NC.